The van der Waals surface area contributed by atoms with Gasteiger partial charge in [0.15, 0.2) is 0 Å². The molecule has 0 radical (unpaired) electrons. The molecule has 11 heteroatoms. The molecule has 0 fully saturated rings. The van der Waals surface area contributed by atoms with Crippen molar-refractivity contribution in [3.63, 3.8) is 0 Å². The van der Waals surface area contributed by atoms with Gasteiger partial charge in [0.25, 0.3) is 0 Å². The molecule has 0 saturated heterocycles. The van der Waals surface area contributed by atoms with Crippen LogP contribution in [0.1, 0.15) is 17.4 Å². The molecule has 0 spiro atoms. The summed E-state index contributed by atoms with van der Waals surface area (Å²) in [4.78, 5) is 8.92. The van der Waals surface area contributed by atoms with E-state index in [-0.39, 0.29) is 11.6 Å². The van der Waals surface area contributed by atoms with Crippen molar-refractivity contribution in [3.8, 4) is 11.3 Å². The summed E-state index contributed by atoms with van der Waals surface area (Å²) in [6.07, 6.45) is 6.17. The molecule has 1 atom stereocenters. The van der Waals surface area contributed by atoms with E-state index in [0.717, 1.165) is 38.6 Å². The fraction of sp³-hybridized carbons (Fsp3) is 0.156. The fourth-order valence-corrected chi connectivity index (χ4v) is 5.90. The first-order valence-corrected chi connectivity index (χ1v) is 15.7. The van der Waals surface area contributed by atoms with Crippen LogP contribution in [0.15, 0.2) is 102 Å². The molecule has 6 rings (SSSR count). The Morgan fingerprint density at radius 3 is 2.77 bits per heavy atom. The van der Waals surface area contributed by atoms with Gasteiger partial charge in [0.1, 0.15) is 39.3 Å². The molecule has 2 N–H and O–H groups in total. The molecule has 0 aliphatic heterocycles. The highest BCUT2D eigenvalue weighted by Gasteiger charge is 2.21. The van der Waals surface area contributed by atoms with Gasteiger partial charge >= 0.3 is 0 Å². The minimum absolute atomic E-state index is 0.0958. The Morgan fingerprint density at radius 1 is 1.07 bits per heavy atom. The SMILES string of the molecule is C=CCN[C@H](CS(C)(=O)=O)c1ccc(-c2ccc3ncnc(Nc4ccc5c(cnn5Cc5cccc(F)c5)c4)c3c2)o1. The number of sulfone groups is 1. The van der Waals surface area contributed by atoms with Crippen LogP contribution in [0.2, 0.25) is 0 Å². The van der Waals surface area contributed by atoms with Crippen LogP contribution in [-0.2, 0) is 16.4 Å². The van der Waals surface area contributed by atoms with Gasteiger partial charge in [0.2, 0.25) is 0 Å². The van der Waals surface area contributed by atoms with Crippen LogP contribution in [0, 0.1) is 5.82 Å². The summed E-state index contributed by atoms with van der Waals surface area (Å²) in [5.74, 6) is 1.37. The van der Waals surface area contributed by atoms with E-state index in [0.29, 0.717) is 30.4 Å². The highest BCUT2D eigenvalue weighted by atomic mass is 32.2. The monoisotopic (exact) mass is 596 g/mol. The lowest BCUT2D eigenvalue weighted by atomic mass is 10.1. The van der Waals surface area contributed by atoms with Crippen LogP contribution in [-0.4, -0.2) is 46.7 Å². The second-order valence-corrected chi connectivity index (χ2v) is 12.5. The Bertz CT molecular complexity index is 2050. The van der Waals surface area contributed by atoms with Crippen molar-refractivity contribution in [1.29, 1.82) is 0 Å². The maximum Gasteiger partial charge on any atom is 0.149 e. The summed E-state index contributed by atoms with van der Waals surface area (Å²) in [6.45, 7) is 4.60. The molecule has 218 valence electrons. The Kier molecular flexibility index (Phi) is 7.75. The number of aromatic nitrogens is 4. The van der Waals surface area contributed by atoms with Gasteiger partial charge < -0.3 is 15.1 Å². The molecule has 0 aliphatic rings. The molecule has 6 aromatic rings. The summed E-state index contributed by atoms with van der Waals surface area (Å²) in [6, 6.07) is 21.3. The highest BCUT2D eigenvalue weighted by molar-refractivity contribution is 7.90. The lowest BCUT2D eigenvalue weighted by Crippen LogP contribution is -2.27. The van der Waals surface area contributed by atoms with E-state index in [1.54, 1.807) is 24.4 Å². The maximum absolute atomic E-state index is 13.7. The van der Waals surface area contributed by atoms with E-state index in [2.05, 4.69) is 32.3 Å². The lowest BCUT2D eigenvalue weighted by Gasteiger charge is -2.14. The fourth-order valence-electron chi connectivity index (χ4n) is 5.01. The topological polar surface area (TPSA) is 115 Å². The van der Waals surface area contributed by atoms with Crippen LogP contribution >= 0.6 is 0 Å². The van der Waals surface area contributed by atoms with Crippen LogP contribution in [0.4, 0.5) is 15.9 Å². The third kappa shape index (κ3) is 6.47. The third-order valence-electron chi connectivity index (χ3n) is 6.99. The van der Waals surface area contributed by atoms with E-state index in [1.165, 1.54) is 24.7 Å². The van der Waals surface area contributed by atoms with Gasteiger partial charge in [0.05, 0.1) is 35.6 Å². The minimum atomic E-state index is -3.25. The number of anilines is 2. The van der Waals surface area contributed by atoms with E-state index in [4.69, 9.17) is 4.42 Å². The normalized spacial score (nSPS) is 12.5. The van der Waals surface area contributed by atoms with Crippen LogP contribution in [0.3, 0.4) is 0 Å². The molecule has 0 bridgehead atoms. The molecule has 0 unspecified atom stereocenters. The van der Waals surface area contributed by atoms with Crippen molar-refractivity contribution >= 4 is 43.1 Å². The maximum atomic E-state index is 13.7. The van der Waals surface area contributed by atoms with E-state index < -0.39 is 15.9 Å². The molecule has 0 aliphatic carbocycles. The first-order chi connectivity index (χ1) is 20.8. The van der Waals surface area contributed by atoms with Crippen molar-refractivity contribution < 1.29 is 17.2 Å². The van der Waals surface area contributed by atoms with Gasteiger partial charge in [-0.15, -0.1) is 6.58 Å². The largest absolute Gasteiger partial charge is 0.459 e. The van der Waals surface area contributed by atoms with Crippen molar-refractivity contribution in [1.82, 2.24) is 25.1 Å². The Labute approximate surface area is 248 Å². The average molecular weight is 597 g/mol. The first kappa shape index (κ1) is 28.3. The van der Waals surface area contributed by atoms with Crippen molar-refractivity contribution in [3.05, 3.63) is 115 Å². The number of rotatable bonds is 11. The third-order valence-corrected chi connectivity index (χ3v) is 7.93. The molecular weight excluding hydrogens is 567 g/mol. The quantitative estimate of drug-likeness (QED) is 0.174. The standard InChI is InChI=1S/C32H29FN6O3S/c1-3-13-34-28(19-43(2,40)41)31-12-11-30(42-31)22-7-9-27-26(16-22)32(36-20-35-27)38-25-8-10-29-23(15-25)17-37-39(29)18-21-5-4-6-24(33)14-21/h3-12,14-17,20,28,34H,1,13,18-19H2,2H3,(H,35,36,38)/t28-/m1/s1. The van der Waals surface area contributed by atoms with Crippen molar-refractivity contribution in [2.45, 2.75) is 12.6 Å². The van der Waals surface area contributed by atoms with Gasteiger partial charge in [-0.1, -0.05) is 18.2 Å². The Balaban J connectivity index is 1.27. The summed E-state index contributed by atoms with van der Waals surface area (Å²) in [5.41, 5.74) is 4.13. The molecule has 0 amide bonds. The van der Waals surface area contributed by atoms with E-state index in [9.17, 15) is 12.8 Å². The number of nitrogens with zero attached hydrogens (tertiary/aromatic N) is 4. The first-order valence-electron chi connectivity index (χ1n) is 13.6. The molecular formula is C32H29FN6O3S. The second kappa shape index (κ2) is 11.8. The number of benzene rings is 3. The van der Waals surface area contributed by atoms with Gasteiger partial charge in [-0.25, -0.2) is 22.8 Å². The number of fused-ring (bicyclic) bond motifs is 2. The molecule has 3 aromatic heterocycles. The zero-order chi connectivity index (χ0) is 30.0. The number of nitrogens with one attached hydrogen (secondary N) is 2. The zero-order valence-corrected chi connectivity index (χ0v) is 24.2. The van der Waals surface area contributed by atoms with Gasteiger partial charge in [-0.2, -0.15) is 5.10 Å². The van der Waals surface area contributed by atoms with Crippen molar-refractivity contribution in [2.24, 2.45) is 0 Å². The molecule has 3 heterocycles. The van der Waals surface area contributed by atoms with Gasteiger partial charge in [-0.05, 0) is 66.2 Å². The summed E-state index contributed by atoms with van der Waals surface area (Å²) < 4.78 is 45.6. The molecule has 9 nitrogen and oxygen atoms in total. The number of halogens is 1. The predicted octanol–water partition coefficient (Wildman–Crippen LogP) is 6.03. The van der Waals surface area contributed by atoms with E-state index >= 15 is 0 Å². The summed E-state index contributed by atoms with van der Waals surface area (Å²) >= 11 is 0. The second-order valence-electron chi connectivity index (χ2n) is 10.3. The lowest BCUT2D eigenvalue weighted by molar-refractivity contribution is 0.448. The minimum Gasteiger partial charge on any atom is -0.459 e. The van der Waals surface area contributed by atoms with Crippen LogP contribution < -0.4 is 10.6 Å². The number of hydrogen-bond acceptors (Lipinski definition) is 8. The number of furan rings is 1. The van der Waals surface area contributed by atoms with Crippen LogP contribution in [0.25, 0.3) is 33.1 Å². The highest BCUT2D eigenvalue weighted by Crippen LogP contribution is 2.32. The van der Waals surface area contributed by atoms with Crippen LogP contribution in [0.5, 0.6) is 0 Å². The Hall–Kier alpha value is -4.87. The predicted molar refractivity (Wildman–Crippen MR) is 166 cm³/mol. The van der Waals surface area contributed by atoms with Crippen molar-refractivity contribution in [2.75, 3.05) is 23.9 Å². The summed E-state index contributed by atoms with van der Waals surface area (Å²) in [7, 11) is -3.25. The summed E-state index contributed by atoms with van der Waals surface area (Å²) in [5, 5.41) is 12.8. The van der Waals surface area contributed by atoms with E-state index in [1.807, 2.05) is 53.2 Å². The number of hydrogen-bond donors (Lipinski definition) is 2. The van der Waals surface area contributed by atoms with Gasteiger partial charge in [-0.3, -0.25) is 4.68 Å². The average Bonchev–Trinajstić information content (AvgIpc) is 3.62. The molecule has 3 aromatic carbocycles. The van der Waals surface area contributed by atoms with Gasteiger partial charge in [0, 0.05) is 34.8 Å². The molecule has 43 heavy (non-hydrogen) atoms. The Morgan fingerprint density at radius 2 is 1.95 bits per heavy atom. The smallest absolute Gasteiger partial charge is 0.149 e. The zero-order valence-electron chi connectivity index (χ0n) is 23.4. The molecule has 0 saturated carbocycles.